The Bertz CT molecular complexity index is 980. The lowest BCUT2D eigenvalue weighted by atomic mass is 10.1. The number of nitrogens with one attached hydrogen (secondary N) is 1. The highest BCUT2D eigenvalue weighted by atomic mass is 35.5. The fourth-order valence-electron chi connectivity index (χ4n) is 3.06. The summed E-state index contributed by atoms with van der Waals surface area (Å²) >= 11 is 12.3. The van der Waals surface area contributed by atoms with E-state index < -0.39 is 10.0 Å². The molecule has 0 saturated heterocycles. The average Bonchev–Trinajstić information content (AvgIpc) is 3.54. The number of sulfonamides is 1. The van der Waals surface area contributed by atoms with Crippen LogP contribution in [0, 0.1) is 0 Å². The first-order valence-electron chi connectivity index (χ1n) is 9.22. The lowest BCUT2D eigenvalue weighted by molar-refractivity contribution is 0.0951. The molecule has 2 aliphatic carbocycles. The molecule has 148 valence electrons. The molecule has 1 N–H and O–H groups in total. The predicted molar refractivity (Wildman–Crippen MR) is 109 cm³/mol. The first-order chi connectivity index (χ1) is 13.4. The number of hydrogen-bond acceptors (Lipinski definition) is 3. The van der Waals surface area contributed by atoms with E-state index in [0.717, 1.165) is 31.2 Å². The van der Waals surface area contributed by atoms with Gasteiger partial charge in [-0.1, -0.05) is 41.4 Å². The summed E-state index contributed by atoms with van der Waals surface area (Å²) in [6.45, 7) is 0.207. The topological polar surface area (TPSA) is 66.5 Å². The maximum Gasteiger partial charge on any atom is 0.251 e. The molecule has 8 heteroatoms. The summed E-state index contributed by atoms with van der Waals surface area (Å²) in [7, 11) is -3.84. The van der Waals surface area contributed by atoms with Crippen LogP contribution in [0.15, 0.2) is 47.4 Å². The van der Waals surface area contributed by atoms with E-state index in [1.807, 2.05) is 0 Å². The highest BCUT2D eigenvalue weighted by Crippen LogP contribution is 2.38. The number of carbonyl (C=O) groups excluding carboxylic acids is 1. The molecule has 0 spiro atoms. The Morgan fingerprint density at radius 3 is 2.14 bits per heavy atom. The molecule has 2 aliphatic rings. The normalized spacial score (nSPS) is 17.0. The minimum Gasteiger partial charge on any atom is -0.349 e. The van der Waals surface area contributed by atoms with Crippen LogP contribution >= 0.6 is 23.2 Å². The lowest BCUT2D eigenvalue weighted by Crippen LogP contribution is -2.33. The second kappa shape index (κ2) is 7.67. The first-order valence-corrected chi connectivity index (χ1v) is 11.4. The van der Waals surface area contributed by atoms with Gasteiger partial charge in [0.05, 0.1) is 10.0 Å². The van der Waals surface area contributed by atoms with Crippen molar-refractivity contribution in [3.05, 3.63) is 63.6 Å². The third-order valence-electron chi connectivity index (χ3n) is 4.91. The van der Waals surface area contributed by atoms with Crippen molar-refractivity contribution in [3.8, 4) is 0 Å². The summed E-state index contributed by atoms with van der Waals surface area (Å²) in [5.74, 6) is -0.0939. The molecule has 4 rings (SSSR count). The van der Waals surface area contributed by atoms with Crippen LogP contribution in [-0.4, -0.2) is 30.7 Å². The van der Waals surface area contributed by atoms with Gasteiger partial charge in [0.1, 0.15) is 4.90 Å². The van der Waals surface area contributed by atoms with Crippen LogP contribution in [0.3, 0.4) is 0 Å². The van der Waals surface area contributed by atoms with Crippen LogP contribution in [-0.2, 0) is 16.6 Å². The number of hydrogen-bond donors (Lipinski definition) is 1. The maximum absolute atomic E-state index is 13.3. The van der Waals surface area contributed by atoms with Gasteiger partial charge in [0.2, 0.25) is 10.0 Å². The van der Waals surface area contributed by atoms with Crippen LogP contribution in [0.1, 0.15) is 41.6 Å². The summed E-state index contributed by atoms with van der Waals surface area (Å²) in [6.07, 6.45) is 3.68. The van der Waals surface area contributed by atoms with Crippen molar-refractivity contribution >= 4 is 39.1 Å². The summed E-state index contributed by atoms with van der Waals surface area (Å²) in [5, 5.41) is 3.17. The third kappa shape index (κ3) is 4.20. The van der Waals surface area contributed by atoms with E-state index in [1.54, 1.807) is 30.3 Å². The Labute approximate surface area is 174 Å². The van der Waals surface area contributed by atoms with Crippen molar-refractivity contribution in [2.45, 2.75) is 49.2 Å². The van der Waals surface area contributed by atoms with Crippen LogP contribution in [0.4, 0.5) is 0 Å². The summed E-state index contributed by atoms with van der Waals surface area (Å²) in [4.78, 5) is 12.1. The van der Waals surface area contributed by atoms with E-state index in [0.29, 0.717) is 11.6 Å². The number of carbonyl (C=O) groups is 1. The molecule has 5 nitrogen and oxygen atoms in total. The molecule has 2 saturated carbocycles. The van der Waals surface area contributed by atoms with Crippen molar-refractivity contribution in [2.75, 3.05) is 0 Å². The molecule has 0 radical (unpaired) electrons. The molecular formula is C20H20Cl2N2O3S. The smallest absolute Gasteiger partial charge is 0.251 e. The van der Waals surface area contributed by atoms with Gasteiger partial charge in [0.15, 0.2) is 0 Å². The Morgan fingerprint density at radius 2 is 1.61 bits per heavy atom. The number of amides is 1. The summed E-state index contributed by atoms with van der Waals surface area (Å²) in [6, 6.07) is 12.0. The van der Waals surface area contributed by atoms with Gasteiger partial charge in [-0.2, -0.15) is 4.31 Å². The Morgan fingerprint density at radius 1 is 1.00 bits per heavy atom. The summed E-state index contributed by atoms with van der Waals surface area (Å²) < 4.78 is 28.0. The highest BCUT2D eigenvalue weighted by Gasteiger charge is 2.39. The monoisotopic (exact) mass is 438 g/mol. The van der Waals surface area contributed by atoms with Gasteiger partial charge in [-0.25, -0.2) is 8.42 Å². The zero-order valence-electron chi connectivity index (χ0n) is 15.1. The van der Waals surface area contributed by atoms with E-state index in [4.69, 9.17) is 23.2 Å². The van der Waals surface area contributed by atoms with Gasteiger partial charge in [-0.15, -0.1) is 0 Å². The molecule has 28 heavy (non-hydrogen) atoms. The molecule has 0 aliphatic heterocycles. The molecular weight excluding hydrogens is 419 g/mol. The van der Waals surface area contributed by atoms with Crippen LogP contribution < -0.4 is 5.32 Å². The van der Waals surface area contributed by atoms with E-state index in [2.05, 4.69) is 5.32 Å². The van der Waals surface area contributed by atoms with Crippen molar-refractivity contribution in [2.24, 2.45) is 0 Å². The number of nitrogens with zero attached hydrogens (tertiary/aromatic N) is 1. The van der Waals surface area contributed by atoms with E-state index in [-0.39, 0.29) is 33.4 Å². The number of rotatable bonds is 7. The van der Waals surface area contributed by atoms with Gasteiger partial charge in [0.25, 0.3) is 5.91 Å². The fraction of sp³-hybridized carbons (Fsp3) is 0.350. The third-order valence-corrected chi connectivity index (χ3v) is 7.76. The Hall–Kier alpha value is -1.60. The molecule has 2 aromatic carbocycles. The van der Waals surface area contributed by atoms with Crippen molar-refractivity contribution in [1.82, 2.24) is 9.62 Å². The van der Waals surface area contributed by atoms with E-state index >= 15 is 0 Å². The van der Waals surface area contributed by atoms with Gasteiger partial charge >= 0.3 is 0 Å². The molecule has 0 heterocycles. The Kier molecular flexibility index (Phi) is 5.40. The lowest BCUT2D eigenvalue weighted by Gasteiger charge is -2.23. The molecule has 2 aromatic rings. The van der Waals surface area contributed by atoms with Crippen molar-refractivity contribution < 1.29 is 13.2 Å². The fourth-order valence-corrected chi connectivity index (χ4v) is 5.83. The number of benzene rings is 2. The quantitative estimate of drug-likeness (QED) is 0.702. The summed E-state index contributed by atoms with van der Waals surface area (Å²) in [5.41, 5.74) is 1.38. The zero-order valence-corrected chi connectivity index (χ0v) is 17.4. The molecule has 0 atom stereocenters. The van der Waals surface area contributed by atoms with Crippen molar-refractivity contribution in [3.63, 3.8) is 0 Å². The first kappa shape index (κ1) is 19.7. The highest BCUT2D eigenvalue weighted by molar-refractivity contribution is 7.89. The Balaban J connectivity index is 1.56. The SMILES string of the molecule is O=C(NC1CC1)c1ccc(CN(C2CC2)S(=O)(=O)c2c(Cl)cccc2Cl)cc1. The zero-order chi connectivity index (χ0) is 19.9. The number of halogens is 2. The molecule has 1 amide bonds. The van der Waals surface area contributed by atoms with Crippen LogP contribution in [0.2, 0.25) is 10.0 Å². The molecule has 0 unspecified atom stereocenters. The molecule has 2 fully saturated rings. The largest absolute Gasteiger partial charge is 0.349 e. The average molecular weight is 439 g/mol. The van der Waals surface area contributed by atoms with Gasteiger partial charge < -0.3 is 5.32 Å². The molecule has 0 bridgehead atoms. The van der Waals surface area contributed by atoms with Gasteiger partial charge in [0, 0.05) is 24.2 Å². The van der Waals surface area contributed by atoms with Crippen molar-refractivity contribution in [1.29, 1.82) is 0 Å². The van der Waals surface area contributed by atoms with Gasteiger partial charge in [-0.05, 0) is 55.5 Å². The van der Waals surface area contributed by atoms with E-state index in [1.165, 1.54) is 16.4 Å². The second-order valence-electron chi connectivity index (χ2n) is 7.28. The van der Waals surface area contributed by atoms with E-state index in [9.17, 15) is 13.2 Å². The van der Waals surface area contributed by atoms with Gasteiger partial charge in [-0.3, -0.25) is 4.79 Å². The predicted octanol–water partition coefficient (Wildman–Crippen LogP) is 4.24. The standard InChI is InChI=1S/C20H20Cl2N2O3S/c21-17-2-1-3-18(22)19(17)28(26,27)24(16-10-11-16)12-13-4-6-14(7-5-13)20(25)23-15-8-9-15/h1-7,15-16H,8-12H2,(H,23,25). The van der Waals surface area contributed by atoms with Crippen LogP contribution in [0.5, 0.6) is 0 Å². The second-order valence-corrected chi connectivity index (χ2v) is 9.92. The van der Waals surface area contributed by atoms with Crippen LogP contribution in [0.25, 0.3) is 0 Å². The minimum absolute atomic E-state index is 0.0503. The maximum atomic E-state index is 13.3. The minimum atomic E-state index is -3.84. The molecule has 0 aromatic heterocycles.